The molecule has 0 saturated heterocycles. The third-order valence-corrected chi connectivity index (χ3v) is 5.12. The van der Waals surface area contributed by atoms with Crippen molar-refractivity contribution in [1.82, 2.24) is 19.5 Å². The summed E-state index contributed by atoms with van der Waals surface area (Å²) in [5.74, 6) is -0.285. The Morgan fingerprint density at radius 2 is 1.86 bits per heavy atom. The van der Waals surface area contributed by atoms with Gasteiger partial charge < -0.3 is 14.4 Å². The van der Waals surface area contributed by atoms with Crippen molar-refractivity contribution < 1.29 is 14.2 Å². The molecule has 0 aliphatic heterocycles. The minimum atomic E-state index is -0.285. The largest absolute Gasteiger partial charge is 0.464 e. The van der Waals surface area contributed by atoms with Crippen molar-refractivity contribution in [2.24, 2.45) is 0 Å². The van der Waals surface area contributed by atoms with Crippen LogP contribution in [0.15, 0.2) is 42.9 Å². The van der Waals surface area contributed by atoms with Gasteiger partial charge in [0.1, 0.15) is 5.82 Å². The molecule has 28 heavy (non-hydrogen) atoms. The molecule has 1 aliphatic rings. The highest BCUT2D eigenvalue weighted by molar-refractivity contribution is 5.77. The minimum Gasteiger partial charge on any atom is -0.464 e. The van der Waals surface area contributed by atoms with E-state index < -0.39 is 0 Å². The average Bonchev–Trinajstić information content (AvgIpc) is 3.15. The topological polar surface area (TPSA) is 73.1 Å². The number of aliphatic hydroxyl groups excluding tert-OH is 1. The zero-order chi connectivity index (χ0) is 19.5. The Morgan fingerprint density at radius 3 is 2.57 bits per heavy atom. The second-order valence-corrected chi connectivity index (χ2v) is 6.98. The molecule has 2 aromatic heterocycles. The lowest BCUT2D eigenvalue weighted by Gasteiger charge is -2.28. The number of aromatic nitrogens is 4. The third kappa shape index (κ3) is 3.75. The fourth-order valence-electron chi connectivity index (χ4n) is 3.72. The second kappa shape index (κ2) is 8.06. The van der Waals surface area contributed by atoms with E-state index in [1.54, 1.807) is 18.3 Å². The highest BCUT2D eigenvalue weighted by Gasteiger charge is 2.26. The highest BCUT2D eigenvalue weighted by atomic mass is 19.1. The Kier molecular flexibility index (Phi) is 5.34. The molecule has 3 aromatic rings. The van der Waals surface area contributed by atoms with Crippen LogP contribution in [0.5, 0.6) is 6.01 Å². The Labute approximate surface area is 163 Å². The molecule has 1 saturated carbocycles. The van der Waals surface area contributed by atoms with Crippen LogP contribution in [-0.2, 0) is 0 Å². The molecule has 4 rings (SSSR count). The molecule has 0 unspecified atom stereocenters. The van der Waals surface area contributed by atoms with Crippen LogP contribution < -0.4 is 4.74 Å². The van der Waals surface area contributed by atoms with Crippen molar-refractivity contribution in [3.8, 4) is 28.7 Å². The van der Waals surface area contributed by atoms with Crippen LogP contribution >= 0.6 is 0 Å². The molecule has 6 nitrogen and oxygen atoms in total. The average molecular weight is 382 g/mol. The Morgan fingerprint density at radius 1 is 1.11 bits per heavy atom. The molecule has 0 spiro atoms. The quantitative estimate of drug-likeness (QED) is 0.721. The number of ether oxygens (including phenoxy) is 1. The number of imidazole rings is 1. The summed E-state index contributed by atoms with van der Waals surface area (Å²) >= 11 is 0. The molecule has 0 atom stereocenters. The summed E-state index contributed by atoms with van der Waals surface area (Å²) in [5.41, 5.74) is 3.13. The van der Waals surface area contributed by atoms with Gasteiger partial charge in [0.05, 0.1) is 36.1 Å². The lowest BCUT2D eigenvalue weighted by molar-refractivity contribution is 0.111. The van der Waals surface area contributed by atoms with Gasteiger partial charge in [0.25, 0.3) is 0 Å². The Hall–Kier alpha value is -2.80. The van der Waals surface area contributed by atoms with E-state index in [9.17, 15) is 9.50 Å². The van der Waals surface area contributed by atoms with Crippen LogP contribution in [0.1, 0.15) is 38.6 Å². The molecule has 1 N–H and O–H groups in total. The molecule has 1 fully saturated rings. The summed E-state index contributed by atoms with van der Waals surface area (Å²) in [6, 6.07) is 8.69. The van der Waals surface area contributed by atoms with Crippen LogP contribution in [0.2, 0.25) is 0 Å². The van der Waals surface area contributed by atoms with E-state index in [1.165, 1.54) is 12.1 Å². The number of benzene rings is 1. The number of aliphatic hydroxyl groups is 1. The summed E-state index contributed by atoms with van der Waals surface area (Å²) in [5, 5.41) is 9.87. The molecule has 0 radical (unpaired) electrons. The molecule has 1 aromatic carbocycles. The molecule has 146 valence electrons. The van der Waals surface area contributed by atoms with E-state index >= 15 is 0 Å². The van der Waals surface area contributed by atoms with Crippen molar-refractivity contribution in [1.29, 1.82) is 0 Å². The molecule has 2 heterocycles. The van der Waals surface area contributed by atoms with Gasteiger partial charge in [-0.3, -0.25) is 0 Å². The third-order valence-electron chi connectivity index (χ3n) is 5.12. The zero-order valence-electron chi connectivity index (χ0n) is 15.8. The number of halogens is 1. The maximum Gasteiger partial charge on any atom is 0.316 e. The first-order chi connectivity index (χ1) is 13.7. The van der Waals surface area contributed by atoms with Gasteiger partial charge in [0.15, 0.2) is 0 Å². The molecule has 0 bridgehead atoms. The fraction of sp³-hybridized carbons (Fsp3) is 0.381. The number of rotatable bonds is 5. The number of hydrogen-bond donors (Lipinski definition) is 1. The standard InChI is InChI=1S/C21H23FN4O2/c1-2-28-21-23-12-11-18(25-21)20-19(14-3-5-15(22)6-4-14)24-13-26(20)16-7-9-17(27)10-8-16/h3-6,11-13,16-17,27H,2,7-10H2,1H3. The first-order valence-corrected chi connectivity index (χ1v) is 9.62. The Bertz CT molecular complexity index is 934. The molecule has 7 heteroatoms. The van der Waals surface area contributed by atoms with Gasteiger partial charge in [0, 0.05) is 17.8 Å². The number of hydrogen-bond acceptors (Lipinski definition) is 5. The summed E-state index contributed by atoms with van der Waals surface area (Å²) in [7, 11) is 0. The highest BCUT2D eigenvalue weighted by Crippen LogP contribution is 2.37. The normalized spacial score (nSPS) is 19.5. The van der Waals surface area contributed by atoms with Gasteiger partial charge in [-0.1, -0.05) is 0 Å². The SMILES string of the molecule is CCOc1nccc(-c2c(-c3ccc(F)cc3)ncn2C2CCC(O)CC2)n1. The van der Waals surface area contributed by atoms with E-state index in [0.29, 0.717) is 18.3 Å². The first kappa shape index (κ1) is 18.6. The van der Waals surface area contributed by atoms with Crippen LogP contribution in [0.4, 0.5) is 4.39 Å². The molecule has 1 aliphatic carbocycles. The maximum atomic E-state index is 13.4. The second-order valence-electron chi connectivity index (χ2n) is 6.98. The summed E-state index contributed by atoms with van der Waals surface area (Å²) in [4.78, 5) is 13.4. The van der Waals surface area contributed by atoms with Crippen molar-refractivity contribution in [3.05, 3.63) is 48.7 Å². The van der Waals surface area contributed by atoms with Crippen LogP contribution in [0.25, 0.3) is 22.6 Å². The molecular weight excluding hydrogens is 359 g/mol. The zero-order valence-corrected chi connectivity index (χ0v) is 15.8. The van der Waals surface area contributed by atoms with Gasteiger partial charge >= 0.3 is 6.01 Å². The van der Waals surface area contributed by atoms with Crippen LogP contribution in [0.3, 0.4) is 0 Å². The van der Waals surface area contributed by atoms with Gasteiger partial charge in [-0.25, -0.2) is 14.4 Å². The van der Waals surface area contributed by atoms with E-state index in [2.05, 4.69) is 19.5 Å². The van der Waals surface area contributed by atoms with Gasteiger partial charge in [-0.2, -0.15) is 4.98 Å². The van der Waals surface area contributed by atoms with Gasteiger partial charge in [0.2, 0.25) is 0 Å². The fourth-order valence-corrected chi connectivity index (χ4v) is 3.72. The Balaban J connectivity index is 1.81. The molecular formula is C21H23FN4O2. The smallest absolute Gasteiger partial charge is 0.316 e. The predicted molar refractivity (Wildman–Crippen MR) is 103 cm³/mol. The lowest BCUT2D eigenvalue weighted by atomic mass is 9.92. The van der Waals surface area contributed by atoms with E-state index in [-0.39, 0.29) is 18.0 Å². The van der Waals surface area contributed by atoms with E-state index in [1.807, 2.05) is 19.3 Å². The number of nitrogens with zero attached hydrogens (tertiary/aromatic N) is 4. The summed E-state index contributed by atoms with van der Waals surface area (Å²) in [6.45, 7) is 2.37. The van der Waals surface area contributed by atoms with Crippen molar-refractivity contribution in [2.45, 2.75) is 44.8 Å². The predicted octanol–water partition coefficient (Wildman–Crippen LogP) is 4.02. The van der Waals surface area contributed by atoms with Gasteiger partial charge in [-0.05, 0) is 62.9 Å². The van der Waals surface area contributed by atoms with Crippen molar-refractivity contribution in [2.75, 3.05) is 6.61 Å². The summed E-state index contributed by atoms with van der Waals surface area (Å²) in [6.07, 6.45) is 6.53. The summed E-state index contributed by atoms with van der Waals surface area (Å²) < 4.78 is 21.0. The van der Waals surface area contributed by atoms with Gasteiger partial charge in [-0.15, -0.1) is 0 Å². The van der Waals surface area contributed by atoms with Crippen molar-refractivity contribution >= 4 is 0 Å². The van der Waals surface area contributed by atoms with E-state index in [0.717, 1.165) is 42.6 Å². The van der Waals surface area contributed by atoms with Crippen LogP contribution in [0, 0.1) is 5.82 Å². The monoisotopic (exact) mass is 382 g/mol. The van der Waals surface area contributed by atoms with E-state index in [4.69, 9.17) is 4.74 Å². The molecule has 0 amide bonds. The minimum absolute atomic E-state index is 0.227. The lowest BCUT2D eigenvalue weighted by Crippen LogP contribution is -2.21. The maximum absolute atomic E-state index is 13.4. The first-order valence-electron chi connectivity index (χ1n) is 9.62. The van der Waals surface area contributed by atoms with Crippen molar-refractivity contribution in [3.63, 3.8) is 0 Å². The van der Waals surface area contributed by atoms with Crippen LogP contribution in [-0.4, -0.2) is 37.3 Å².